The smallest absolute Gasteiger partial charge is 0.262 e. The number of sulfonamides is 1. The van der Waals surface area contributed by atoms with Gasteiger partial charge in [0, 0.05) is 5.69 Å². The van der Waals surface area contributed by atoms with Gasteiger partial charge in [-0.25, -0.2) is 13.6 Å². The summed E-state index contributed by atoms with van der Waals surface area (Å²) in [5.74, 6) is 0.173. The van der Waals surface area contributed by atoms with Crippen LogP contribution in [-0.2, 0) is 14.8 Å². The average Bonchev–Trinajstić information content (AvgIpc) is 2.59. The molecule has 3 N–H and O–H groups in total. The van der Waals surface area contributed by atoms with Crippen molar-refractivity contribution in [2.45, 2.75) is 4.90 Å². The highest BCUT2D eigenvalue weighted by molar-refractivity contribution is 7.89. The van der Waals surface area contributed by atoms with Crippen molar-refractivity contribution in [1.82, 2.24) is 0 Å². The molecular weight excluding hydrogens is 340 g/mol. The lowest BCUT2D eigenvalue weighted by Crippen LogP contribution is -2.20. The first kappa shape index (κ1) is 16.9. The van der Waals surface area contributed by atoms with E-state index >= 15 is 0 Å². The van der Waals surface area contributed by atoms with Gasteiger partial charge in [-0.1, -0.05) is 36.4 Å². The minimum Gasteiger partial charge on any atom is -0.484 e. The third kappa shape index (κ3) is 4.34. The van der Waals surface area contributed by atoms with Gasteiger partial charge in [0.2, 0.25) is 10.0 Å². The summed E-state index contributed by atoms with van der Waals surface area (Å²) in [4.78, 5) is 11.9. The number of carbonyl (C=O) groups is 1. The Balaban J connectivity index is 1.64. The number of fused-ring (bicyclic) bond motifs is 1. The third-order valence-electron chi connectivity index (χ3n) is 3.54. The first-order chi connectivity index (χ1) is 11.9. The first-order valence-electron chi connectivity index (χ1n) is 7.46. The van der Waals surface area contributed by atoms with Crippen molar-refractivity contribution in [1.29, 1.82) is 0 Å². The van der Waals surface area contributed by atoms with Crippen LogP contribution in [0.2, 0.25) is 0 Å². The molecule has 7 heteroatoms. The summed E-state index contributed by atoms with van der Waals surface area (Å²) in [6.45, 7) is -0.196. The molecule has 0 aliphatic rings. The third-order valence-corrected chi connectivity index (χ3v) is 4.45. The largest absolute Gasteiger partial charge is 0.484 e. The number of ether oxygens (including phenoxy) is 1. The van der Waals surface area contributed by atoms with Crippen molar-refractivity contribution >= 4 is 32.4 Å². The van der Waals surface area contributed by atoms with Gasteiger partial charge in [0.15, 0.2) is 6.61 Å². The van der Waals surface area contributed by atoms with Crippen molar-refractivity contribution in [3.05, 3.63) is 66.7 Å². The van der Waals surface area contributed by atoms with E-state index in [0.717, 1.165) is 10.8 Å². The summed E-state index contributed by atoms with van der Waals surface area (Å²) in [5.41, 5.74) is 0.332. The predicted octanol–water partition coefficient (Wildman–Crippen LogP) is 2.50. The molecule has 3 rings (SSSR count). The lowest BCUT2D eigenvalue weighted by molar-refractivity contribution is -0.118. The summed E-state index contributed by atoms with van der Waals surface area (Å²) >= 11 is 0. The number of primary sulfonamides is 1. The highest BCUT2D eigenvalue weighted by Gasteiger charge is 2.10. The van der Waals surface area contributed by atoms with Gasteiger partial charge in [-0.3, -0.25) is 4.79 Å². The van der Waals surface area contributed by atoms with E-state index in [0.29, 0.717) is 11.4 Å². The zero-order valence-corrected chi connectivity index (χ0v) is 14.0. The topological polar surface area (TPSA) is 98.5 Å². The van der Waals surface area contributed by atoms with Crippen LogP contribution in [0.25, 0.3) is 10.8 Å². The van der Waals surface area contributed by atoms with E-state index in [2.05, 4.69) is 5.32 Å². The standard InChI is InChI=1S/C18H16N2O4S/c19-25(22,23)17-7-3-6-15(11-17)20-18(21)12-24-16-9-8-13-4-1-2-5-14(13)10-16/h1-11H,12H2,(H,20,21)(H2,19,22,23). The monoisotopic (exact) mass is 356 g/mol. The Labute approximate surface area is 145 Å². The average molecular weight is 356 g/mol. The van der Waals surface area contributed by atoms with Gasteiger partial charge in [0.25, 0.3) is 5.91 Å². The maximum atomic E-state index is 12.0. The molecule has 6 nitrogen and oxygen atoms in total. The molecule has 0 unspecified atom stereocenters. The minimum atomic E-state index is -3.82. The number of benzene rings is 3. The summed E-state index contributed by atoms with van der Waals surface area (Å²) in [5, 5.41) is 9.75. The molecule has 3 aromatic carbocycles. The Morgan fingerprint density at radius 3 is 2.48 bits per heavy atom. The maximum absolute atomic E-state index is 12.0. The van der Waals surface area contributed by atoms with Crippen LogP contribution >= 0.6 is 0 Å². The zero-order valence-electron chi connectivity index (χ0n) is 13.2. The molecule has 0 saturated carbocycles. The van der Waals surface area contributed by atoms with E-state index < -0.39 is 15.9 Å². The van der Waals surface area contributed by atoms with E-state index in [1.54, 1.807) is 12.1 Å². The molecule has 0 saturated heterocycles. The van der Waals surface area contributed by atoms with Crippen LogP contribution in [0.5, 0.6) is 5.75 Å². The first-order valence-corrected chi connectivity index (χ1v) is 9.01. The Morgan fingerprint density at radius 1 is 0.960 bits per heavy atom. The molecule has 3 aromatic rings. The number of nitrogens with one attached hydrogen (secondary N) is 1. The van der Waals surface area contributed by atoms with Gasteiger partial charge in [-0.15, -0.1) is 0 Å². The second-order valence-corrected chi connectivity index (χ2v) is 6.98. The predicted molar refractivity (Wildman–Crippen MR) is 95.9 cm³/mol. The molecule has 25 heavy (non-hydrogen) atoms. The number of anilines is 1. The fourth-order valence-electron chi connectivity index (χ4n) is 2.35. The van der Waals surface area contributed by atoms with E-state index in [9.17, 15) is 13.2 Å². The highest BCUT2D eigenvalue weighted by Crippen LogP contribution is 2.20. The molecule has 0 bridgehead atoms. The molecule has 128 valence electrons. The highest BCUT2D eigenvalue weighted by atomic mass is 32.2. The fraction of sp³-hybridized carbons (Fsp3) is 0.0556. The molecule has 0 radical (unpaired) electrons. The van der Waals surface area contributed by atoms with Crippen LogP contribution in [0, 0.1) is 0 Å². The maximum Gasteiger partial charge on any atom is 0.262 e. The number of nitrogens with two attached hydrogens (primary N) is 1. The van der Waals surface area contributed by atoms with Gasteiger partial charge >= 0.3 is 0 Å². The van der Waals surface area contributed by atoms with Gasteiger partial charge in [0.1, 0.15) is 5.75 Å². The molecule has 0 spiro atoms. The fourth-order valence-corrected chi connectivity index (χ4v) is 2.91. The van der Waals surface area contributed by atoms with Crippen molar-refractivity contribution in [3.8, 4) is 5.75 Å². The zero-order chi connectivity index (χ0) is 17.9. The van der Waals surface area contributed by atoms with Gasteiger partial charge in [0.05, 0.1) is 4.90 Å². The van der Waals surface area contributed by atoms with E-state index in [4.69, 9.17) is 9.88 Å². The molecule has 0 heterocycles. The van der Waals surface area contributed by atoms with Crippen LogP contribution in [-0.4, -0.2) is 20.9 Å². The summed E-state index contributed by atoms with van der Waals surface area (Å²) < 4.78 is 28.1. The van der Waals surface area contributed by atoms with Crippen LogP contribution in [0.4, 0.5) is 5.69 Å². The summed E-state index contributed by atoms with van der Waals surface area (Å²) in [6.07, 6.45) is 0. The Kier molecular flexibility index (Phi) is 4.69. The molecule has 0 aliphatic heterocycles. The number of rotatable bonds is 5. The Bertz CT molecular complexity index is 1030. The number of amides is 1. The van der Waals surface area contributed by atoms with Crippen molar-refractivity contribution in [2.75, 3.05) is 11.9 Å². The van der Waals surface area contributed by atoms with Gasteiger partial charge in [-0.2, -0.15) is 0 Å². The number of hydrogen-bond donors (Lipinski definition) is 2. The quantitative estimate of drug-likeness (QED) is 0.734. The van der Waals surface area contributed by atoms with Crippen molar-refractivity contribution < 1.29 is 17.9 Å². The Morgan fingerprint density at radius 2 is 1.72 bits per heavy atom. The van der Waals surface area contributed by atoms with Crippen molar-refractivity contribution in [3.63, 3.8) is 0 Å². The summed E-state index contributed by atoms with van der Waals surface area (Å²) in [6, 6.07) is 19.1. The lowest BCUT2D eigenvalue weighted by atomic mass is 10.1. The van der Waals surface area contributed by atoms with E-state index in [1.165, 1.54) is 18.2 Å². The van der Waals surface area contributed by atoms with Gasteiger partial charge < -0.3 is 10.1 Å². The molecule has 0 atom stereocenters. The van der Waals surface area contributed by atoms with Crippen LogP contribution < -0.4 is 15.2 Å². The van der Waals surface area contributed by atoms with Crippen LogP contribution in [0.15, 0.2) is 71.6 Å². The normalized spacial score (nSPS) is 11.2. The van der Waals surface area contributed by atoms with E-state index in [1.807, 2.05) is 36.4 Å². The molecular formula is C18H16N2O4S. The SMILES string of the molecule is NS(=O)(=O)c1cccc(NC(=O)COc2ccc3ccccc3c2)c1. The molecule has 0 aliphatic carbocycles. The Hall–Kier alpha value is -2.90. The second-order valence-electron chi connectivity index (χ2n) is 5.42. The summed E-state index contributed by atoms with van der Waals surface area (Å²) in [7, 11) is -3.82. The molecule has 1 amide bonds. The van der Waals surface area contributed by atoms with Crippen LogP contribution in [0.1, 0.15) is 0 Å². The lowest BCUT2D eigenvalue weighted by Gasteiger charge is -2.09. The molecule has 0 fully saturated rings. The number of carbonyl (C=O) groups excluding carboxylic acids is 1. The van der Waals surface area contributed by atoms with Crippen molar-refractivity contribution in [2.24, 2.45) is 5.14 Å². The molecule has 0 aromatic heterocycles. The minimum absolute atomic E-state index is 0.0688. The second kappa shape index (κ2) is 6.92. The van der Waals surface area contributed by atoms with E-state index in [-0.39, 0.29) is 11.5 Å². The van der Waals surface area contributed by atoms with Gasteiger partial charge in [-0.05, 0) is 41.1 Å². The number of hydrogen-bond acceptors (Lipinski definition) is 4. The van der Waals surface area contributed by atoms with Crippen LogP contribution in [0.3, 0.4) is 0 Å².